The van der Waals surface area contributed by atoms with Crippen LogP contribution in [0, 0.1) is 6.92 Å². The van der Waals surface area contributed by atoms with E-state index in [1.807, 2.05) is 0 Å². The third kappa shape index (κ3) is 4.79. The minimum Gasteiger partial charge on any atom is -0.377 e. The molecule has 0 aliphatic carbocycles. The van der Waals surface area contributed by atoms with E-state index in [0.29, 0.717) is 12.1 Å². The van der Waals surface area contributed by atoms with Gasteiger partial charge in [-0.3, -0.25) is 0 Å². The van der Waals surface area contributed by atoms with Crippen molar-refractivity contribution in [1.29, 1.82) is 0 Å². The van der Waals surface area contributed by atoms with E-state index in [2.05, 4.69) is 57.3 Å². The molecule has 0 aliphatic heterocycles. The highest BCUT2D eigenvalue weighted by atomic mass is 16.5. The van der Waals surface area contributed by atoms with E-state index in [1.54, 1.807) is 0 Å². The van der Waals surface area contributed by atoms with Crippen molar-refractivity contribution in [2.75, 3.05) is 13.2 Å². The molecule has 0 bridgehead atoms. The van der Waals surface area contributed by atoms with Gasteiger partial charge >= 0.3 is 0 Å². The second kappa shape index (κ2) is 8.28. The molecule has 0 saturated carbocycles. The molecule has 2 nitrogen and oxygen atoms in total. The first-order chi connectivity index (χ1) is 8.69. The zero-order valence-electron chi connectivity index (χ0n) is 12.2. The second-order valence-corrected chi connectivity index (χ2v) is 4.92. The van der Waals surface area contributed by atoms with E-state index in [-0.39, 0.29) is 0 Å². The molecule has 1 aromatic rings. The molecule has 18 heavy (non-hydrogen) atoms. The van der Waals surface area contributed by atoms with E-state index in [4.69, 9.17) is 4.74 Å². The molecule has 0 aromatic heterocycles. The van der Waals surface area contributed by atoms with Gasteiger partial charge in [-0.15, -0.1) is 0 Å². The highest BCUT2D eigenvalue weighted by molar-refractivity contribution is 5.28. The summed E-state index contributed by atoms with van der Waals surface area (Å²) in [4.78, 5) is 0. The molecule has 0 heterocycles. The molecule has 2 atom stereocenters. The van der Waals surface area contributed by atoms with Crippen molar-refractivity contribution in [3.8, 4) is 0 Å². The lowest BCUT2D eigenvalue weighted by atomic mass is 10.0. The van der Waals surface area contributed by atoms with Gasteiger partial charge in [0.2, 0.25) is 0 Å². The largest absolute Gasteiger partial charge is 0.377 e. The van der Waals surface area contributed by atoms with Crippen molar-refractivity contribution in [3.63, 3.8) is 0 Å². The van der Waals surface area contributed by atoms with Crippen LogP contribution in [0.15, 0.2) is 24.3 Å². The van der Waals surface area contributed by atoms with E-state index in [9.17, 15) is 0 Å². The molecule has 1 rings (SSSR count). The van der Waals surface area contributed by atoms with Gasteiger partial charge in [0, 0.05) is 0 Å². The zero-order valence-corrected chi connectivity index (χ0v) is 12.2. The Morgan fingerprint density at radius 1 is 1.22 bits per heavy atom. The van der Waals surface area contributed by atoms with Gasteiger partial charge < -0.3 is 10.1 Å². The summed E-state index contributed by atoms with van der Waals surface area (Å²) in [6.07, 6.45) is 2.54. The Kier molecular flexibility index (Phi) is 6.99. The fourth-order valence-corrected chi connectivity index (χ4v) is 1.93. The molecule has 1 aromatic carbocycles. The first-order valence-electron chi connectivity index (χ1n) is 7.09. The van der Waals surface area contributed by atoms with Crippen LogP contribution in [-0.4, -0.2) is 19.3 Å². The van der Waals surface area contributed by atoms with Crippen molar-refractivity contribution in [2.24, 2.45) is 0 Å². The zero-order chi connectivity index (χ0) is 13.4. The number of ether oxygens (including phenoxy) is 1. The van der Waals surface area contributed by atoms with Crippen LogP contribution in [0.1, 0.15) is 50.8 Å². The van der Waals surface area contributed by atoms with Crippen LogP contribution in [0.4, 0.5) is 0 Å². The maximum atomic E-state index is 5.90. The normalized spacial score (nSPS) is 14.4. The molecule has 0 fully saturated rings. The quantitative estimate of drug-likeness (QED) is 0.755. The van der Waals surface area contributed by atoms with Crippen molar-refractivity contribution in [1.82, 2.24) is 5.32 Å². The van der Waals surface area contributed by atoms with Crippen molar-refractivity contribution in [2.45, 2.75) is 52.7 Å². The van der Waals surface area contributed by atoms with Gasteiger partial charge in [0.1, 0.15) is 0 Å². The molecule has 0 aliphatic rings. The summed E-state index contributed by atoms with van der Waals surface area (Å²) in [6, 6.07) is 8.86. The summed E-state index contributed by atoms with van der Waals surface area (Å²) in [5.41, 5.74) is 2.69. The lowest BCUT2D eigenvalue weighted by Gasteiger charge is -2.22. The summed E-state index contributed by atoms with van der Waals surface area (Å²) < 4.78 is 5.90. The molecular weight excluding hydrogens is 222 g/mol. The Morgan fingerprint density at radius 2 is 1.94 bits per heavy atom. The summed E-state index contributed by atoms with van der Waals surface area (Å²) in [5.74, 6) is 0. The molecule has 0 spiro atoms. The Hall–Kier alpha value is -0.860. The first-order valence-corrected chi connectivity index (χ1v) is 7.09. The van der Waals surface area contributed by atoms with Crippen molar-refractivity contribution in [3.05, 3.63) is 35.4 Å². The maximum absolute atomic E-state index is 5.90. The lowest BCUT2D eigenvalue weighted by molar-refractivity contribution is 0.0473. The topological polar surface area (TPSA) is 21.3 Å². The smallest absolute Gasteiger partial charge is 0.0665 e. The number of hydrogen-bond acceptors (Lipinski definition) is 2. The average molecular weight is 249 g/mol. The van der Waals surface area contributed by atoms with Crippen LogP contribution in [-0.2, 0) is 4.74 Å². The Morgan fingerprint density at radius 3 is 2.56 bits per heavy atom. The second-order valence-electron chi connectivity index (χ2n) is 4.92. The molecular formula is C16H27NO. The van der Waals surface area contributed by atoms with Gasteiger partial charge in [0.25, 0.3) is 0 Å². The van der Waals surface area contributed by atoms with Crippen LogP contribution in [0.2, 0.25) is 0 Å². The SMILES string of the molecule is CCCNC(COC(C)CC)c1ccccc1C. The van der Waals surface area contributed by atoms with Crippen molar-refractivity contribution >= 4 is 0 Å². The number of rotatable bonds is 8. The van der Waals surface area contributed by atoms with Gasteiger partial charge in [0.05, 0.1) is 18.8 Å². The van der Waals surface area contributed by atoms with E-state index in [1.165, 1.54) is 11.1 Å². The van der Waals surface area contributed by atoms with Crippen molar-refractivity contribution < 1.29 is 4.74 Å². The minimum atomic E-state index is 0.306. The standard InChI is InChI=1S/C16H27NO/c1-5-11-17-16(12-18-14(4)6-2)15-10-8-7-9-13(15)3/h7-10,14,16-17H,5-6,11-12H2,1-4H3. The number of benzene rings is 1. The monoisotopic (exact) mass is 249 g/mol. The Bertz CT molecular complexity index is 338. The molecule has 1 N–H and O–H groups in total. The van der Waals surface area contributed by atoms with Gasteiger partial charge in [-0.05, 0) is 44.4 Å². The highest BCUT2D eigenvalue weighted by Crippen LogP contribution is 2.18. The Balaban J connectivity index is 2.68. The first kappa shape index (κ1) is 15.2. The van der Waals surface area contributed by atoms with Gasteiger partial charge in [-0.1, -0.05) is 38.1 Å². The molecule has 0 amide bonds. The van der Waals surface area contributed by atoms with Gasteiger partial charge in [0.15, 0.2) is 0 Å². The van der Waals surface area contributed by atoms with E-state index in [0.717, 1.165) is 26.0 Å². The summed E-state index contributed by atoms with van der Waals surface area (Å²) in [7, 11) is 0. The van der Waals surface area contributed by atoms with Crippen LogP contribution in [0.25, 0.3) is 0 Å². The summed E-state index contributed by atoms with van der Waals surface area (Å²) in [5, 5.41) is 3.58. The molecule has 0 radical (unpaired) electrons. The van der Waals surface area contributed by atoms with E-state index < -0.39 is 0 Å². The molecule has 0 saturated heterocycles. The molecule has 102 valence electrons. The molecule has 2 unspecified atom stereocenters. The fraction of sp³-hybridized carbons (Fsp3) is 0.625. The van der Waals surface area contributed by atoms with Crippen LogP contribution in [0.5, 0.6) is 0 Å². The number of nitrogens with one attached hydrogen (secondary N) is 1. The molecule has 2 heteroatoms. The maximum Gasteiger partial charge on any atom is 0.0665 e. The lowest BCUT2D eigenvalue weighted by Crippen LogP contribution is -2.28. The fourth-order valence-electron chi connectivity index (χ4n) is 1.93. The van der Waals surface area contributed by atoms with Crippen LogP contribution in [0.3, 0.4) is 0 Å². The predicted octanol–water partition coefficient (Wildman–Crippen LogP) is 3.85. The van der Waals surface area contributed by atoms with Crippen LogP contribution >= 0.6 is 0 Å². The van der Waals surface area contributed by atoms with Gasteiger partial charge in [-0.25, -0.2) is 0 Å². The van der Waals surface area contributed by atoms with Crippen LogP contribution < -0.4 is 5.32 Å². The predicted molar refractivity (Wildman–Crippen MR) is 77.9 cm³/mol. The van der Waals surface area contributed by atoms with Gasteiger partial charge in [-0.2, -0.15) is 0 Å². The minimum absolute atomic E-state index is 0.306. The summed E-state index contributed by atoms with van der Waals surface area (Å²) in [6.45, 7) is 10.4. The summed E-state index contributed by atoms with van der Waals surface area (Å²) >= 11 is 0. The Labute approximate surface area is 112 Å². The average Bonchev–Trinajstić information content (AvgIpc) is 2.39. The highest BCUT2D eigenvalue weighted by Gasteiger charge is 2.14. The number of aryl methyl sites for hydroxylation is 1. The van der Waals surface area contributed by atoms with E-state index >= 15 is 0 Å². The third-order valence-corrected chi connectivity index (χ3v) is 3.33. The third-order valence-electron chi connectivity index (χ3n) is 3.33. The number of hydrogen-bond donors (Lipinski definition) is 1.